The number of carboxylic acid groups (broad SMARTS) is 1. The number of nitrogens with one attached hydrogen (secondary N) is 1. The Morgan fingerprint density at radius 2 is 2.00 bits per heavy atom. The second-order valence-electron chi connectivity index (χ2n) is 3.08. The zero-order valence-corrected chi connectivity index (χ0v) is 8.69. The molecule has 0 fully saturated rings. The van der Waals surface area contributed by atoms with Crippen LogP contribution in [0.25, 0.3) is 0 Å². The van der Waals surface area contributed by atoms with Gasteiger partial charge in [-0.05, 0) is 6.92 Å². The zero-order chi connectivity index (χ0) is 12.0. The predicted octanol–water partition coefficient (Wildman–Crippen LogP) is -2.01. The lowest BCUT2D eigenvalue weighted by Gasteiger charge is -2.16. The third kappa shape index (κ3) is 4.96. The second kappa shape index (κ2) is 5.97. The van der Waals surface area contributed by atoms with E-state index in [0.29, 0.717) is 0 Å². The van der Waals surface area contributed by atoms with Crippen molar-refractivity contribution in [3.8, 4) is 0 Å². The fourth-order valence-electron chi connectivity index (χ4n) is 0.808. The van der Waals surface area contributed by atoms with Crippen LogP contribution in [0.5, 0.6) is 0 Å². The Hall–Kier alpha value is -1.63. The summed E-state index contributed by atoms with van der Waals surface area (Å²) in [6.07, 6.45) is 0. The van der Waals surface area contributed by atoms with Gasteiger partial charge in [0.2, 0.25) is 11.8 Å². The number of hydrogen-bond donors (Lipinski definition) is 3. The van der Waals surface area contributed by atoms with Crippen molar-refractivity contribution in [2.45, 2.75) is 13.0 Å². The van der Waals surface area contributed by atoms with Crippen molar-refractivity contribution < 1.29 is 19.5 Å². The monoisotopic (exact) mass is 217 g/mol. The summed E-state index contributed by atoms with van der Waals surface area (Å²) < 4.78 is 0. The summed E-state index contributed by atoms with van der Waals surface area (Å²) in [5.41, 5.74) is 5.08. The molecule has 0 aromatic rings. The lowest BCUT2D eigenvalue weighted by molar-refractivity contribution is -0.141. The molecule has 0 bridgehead atoms. The molecular weight excluding hydrogens is 202 g/mol. The quantitative estimate of drug-likeness (QED) is 0.492. The molecule has 0 heterocycles. The van der Waals surface area contributed by atoms with E-state index < -0.39 is 17.9 Å². The van der Waals surface area contributed by atoms with E-state index in [9.17, 15) is 14.4 Å². The Morgan fingerprint density at radius 3 is 2.40 bits per heavy atom. The first-order valence-corrected chi connectivity index (χ1v) is 4.34. The summed E-state index contributed by atoms with van der Waals surface area (Å²) in [7, 11) is 1.42. The molecule has 0 saturated carbocycles. The van der Waals surface area contributed by atoms with Crippen molar-refractivity contribution in [1.82, 2.24) is 10.2 Å². The molecular formula is C8H15N3O4. The number of nitrogens with two attached hydrogens (primary N) is 1. The molecule has 0 radical (unpaired) electrons. The highest BCUT2D eigenvalue weighted by molar-refractivity contribution is 5.88. The lowest BCUT2D eigenvalue weighted by atomic mass is 10.3. The fraction of sp³-hybridized carbons (Fsp3) is 0.625. The molecule has 0 rings (SSSR count). The van der Waals surface area contributed by atoms with E-state index in [0.717, 1.165) is 4.90 Å². The highest BCUT2D eigenvalue weighted by Crippen LogP contribution is 1.86. The molecule has 0 aromatic heterocycles. The molecule has 2 amide bonds. The topological polar surface area (TPSA) is 113 Å². The summed E-state index contributed by atoms with van der Waals surface area (Å²) in [6.45, 7) is 0.955. The minimum absolute atomic E-state index is 0.182. The molecule has 0 saturated heterocycles. The van der Waals surface area contributed by atoms with Crippen LogP contribution >= 0.6 is 0 Å². The van der Waals surface area contributed by atoms with Crippen molar-refractivity contribution >= 4 is 17.8 Å². The zero-order valence-electron chi connectivity index (χ0n) is 8.69. The van der Waals surface area contributed by atoms with Gasteiger partial charge in [0.1, 0.15) is 6.04 Å². The fourth-order valence-corrected chi connectivity index (χ4v) is 0.808. The number of nitrogens with zero attached hydrogens (tertiary/aromatic N) is 1. The normalized spacial score (nSPS) is 11.7. The van der Waals surface area contributed by atoms with E-state index in [4.69, 9.17) is 10.8 Å². The minimum Gasteiger partial charge on any atom is -0.480 e. The molecule has 0 aliphatic heterocycles. The number of amides is 2. The van der Waals surface area contributed by atoms with Gasteiger partial charge in [-0.3, -0.25) is 14.4 Å². The van der Waals surface area contributed by atoms with E-state index in [2.05, 4.69) is 5.32 Å². The Balaban J connectivity index is 4.04. The van der Waals surface area contributed by atoms with Gasteiger partial charge in [-0.25, -0.2) is 0 Å². The maximum absolute atomic E-state index is 11.2. The SMILES string of the molecule is C[C@H](NC(=O)CN(C)C(=O)CN)C(=O)O. The van der Waals surface area contributed by atoms with Crippen LogP contribution in [0.15, 0.2) is 0 Å². The number of likely N-dealkylation sites (N-methyl/N-ethyl adjacent to an activating group) is 1. The van der Waals surface area contributed by atoms with Gasteiger partial charge < -0.3 is 21.1 Å². The van der Waals surface area contributed by atoms with Gasteiger partial charge in [-0.1, -0.05) is 0 Å². The number of carbonyl (C=O) groups is 3. The van der Waals surface area contributed by atoms with Gasteiger partial charge in [0.15, 0.2) is 0 Å². The van der Waals surface area contributed by atoms with Crippen molar-refractivity contribution in [2.75, 3.05) is 20.1 Å². The number of hydrogen-bond acceptors (Lipinski definition) is 4. The number of rotatable bonds is 5. The molecule has 7 heteroatoms. The maximum atomic E-state index is 11.2. The number of aliphatic carboxylic acids is 1. The minimum atomic E-state index is -1.13. The van der Waals surface area contributed by atoms with E-state index in [1.807, 2.05) is 0 Å². The molecule has 0 spiro atoms. The third-order valence-corrected chi connectivity index (χ3v) is 1.73. The van der Waals surface area contributed by atoms with Crippen LogP contribution in [0.1, 0.15) is 6.92 Å². The highest BCUT2D eigenvalue weighted by atomic mass is 16.4. The Morgan fingerprint density at radius 1 is 1.47 bits per heavy atom. The molecule has 1 atom stereocenters. The second-order valence-corrected chi connectivity index (χ2v) is 3.08. The van der Waals surface area contributed by atoms with Crippen molar-refractivity contribution in [3.63, 3.8) is 0 Å². The molecule has 4 N–H and O–H groups in total. The summed E-state index contributed by atoms with van der Waals surface area (Å²) in [6, 6.07) is -0.973. The molecule has 0 aliphatic carbocycles. The van der Waals surface area contributed by atoms with Crippen LogP contribution in [-0.2, 0) is 14.4 Å². The van der Waals surface area contributed by atoms with E-state index in [1.165, 1.54) is 14.0 Å². The summed E-state index contributed by atoms with van der Waals surface area (Å²) in [5, 5.41) is 10.7. The van der Waals surface area contributed by atoms with Gasteiger partial charge in [0.05, 0.1) is 13.1 Å². The van der Waals surface area contributed by atoms with E-state index in [-0.39, 0.29) is 19.0 Å². The summed E-state index contributed by atoms with van der Waals surface area (Å²) in [4.78, 5) is 33.7. The Kier molecular flexibility index (Phi) is 5.32. The van der Waals surface area contributed by atoms with Crippen molar-refractivity contribution in [1.29, 1.82) is 0 Å². The molecule has 15 heavy (non-hydrogen) atoms. The molecule has 7 nitrogen and oxygen atoms in total. The number of carbonyl (C=O) groups excluding carboxylic acids is 2. The van der Waals surface area contributed by atoms with Crippen LogP contribution in [0, 0.1) is 0 Å². The average molecular weight is 217 g/mol. The van der Waals surface area contributed by atoms with Gasteiger partial charge in [-0.15, -0.1) is 0 Å². The molecule has 0 unspecified atom stereocenters. The standard InChI is InChI=1S/C8H15N3O4/c1-5(8(14)15)10-6(12)4-11(2)7(13)3-9/h5H,3-4,9H2,1-2H3,(H,10,12)(H,14,15)/t5-/m0/s1. The van der Waals surface area contributed by atoms with Gasteiger partial charge in [0.25, 0.3) is 0 Å². The number of carboxylic acids is 1. The maximum Gasteiger partial charge on any atom is 0.325 e. The molecule has 0 aliphatic rings. The average Bonchev–Trinajstić information content (AvgIpc) is 2.15. The lowest BCUT2D eigenvalue weighted by Crippen LogP contribution is -2.45. The first-order chi connectivity index (χ1) is 6.88. The smallest absolute Gasteiger partial charge is 0.325 e. The third-order valence-electron chi connectivity index (χ3n) is 1.73. The summed E-state index contributed by atoms with van der Waals surface area (Å²) in [5.74, 6) is -2.04. The van der Waals surface area contributed by atoms with Gasteiger partial charge in [-0.2, -0.15) is 0 Å². The van der Waals surface area contributed by atoms with E-state index >= 15 is 0 Å². The Labute approximate surface area is 87.2 Å². The van der Waals surface area contributed by atoms with Crippen molar-refractivity contribution in [3.05, 3.63) is 0 Å². The van der Waals surface area contributed by atoms with Crippen LogP contribution in [0.3, 0.4) is 0 Å². The predicted molar refractivity (Wildman–Crippen MR) is 51.9 cm³/mol. The van der Waals surface area contributed by atoms with Gasteiger partial charge in [0, 0.05) is 7.05 Å². The highest BCUT2D eigenvalue weighted by Gasteiger charge is 2.16. The first-order valence-electron chi connectivity index (χ1n) is 4.34. The Bertz CT molecular complexity index is 267. The largest absolute Gasteiger partial charge is 0.480 e. The summed E-state index contributed by atoms with van der Waals surface area (Å²) >= 11 is 0. The first kappa shape index (κ1) is 13.4. The van der Waals surface area contributed by atoms with Crippen LogP contribution in [0.4, 0.5) is 0 Å². The van der Waals surface area contributed by atoms with Crippen molar-refractivity contribution in [2.24, 2.45) is 5.73 Å². The van der Waals surface area contributed by atoms with Gasteiger partial charge >= 0.3 is 5.97 Å². The molecule has 86 valence electrons. The van der Waals surface area contributed by atoms with E-state index in [1.54, 1.807) is 0 Å². The van der Waals surface area contributed by atoms with Crippen LogP contribution < -0.4 is 11.1 Å². The van der Waals surface area contributed by atoms with Crippen LogP contribution in [-0.4, -0.2) is 54.0 Å². The molecule has 0 aromatic carbocycles. The van der Waals surface area contributed by atoms with Crippen LogP contribution in [0.2, 0.25) is 0 Å².